The van der Waals surface area contributed by atoms with E-state index in [9.17, 15) is 4.79 Å². The van der Waals surface area contributed by atoms with Crippen molar-refractivity contribution in [3.8, 4) is 0 Å². The standard InChI is InChI=1S/C13H18ClNO2/c1-4-12(13(16)17-3)15-9(2)10-6-5-7-11(14)8-10/h5-9,12,15H,4H2,1-3H3/t9-,12?/m1/s1. The lowest BCUT2D eigenvalue weighted by Crippen LogP contribution is -2.38. The third kappa shape index (κ3) is 4.02. The molecule has 0 saturated carbocycles. The molecule has 1 aromatic rings. The maximum Gasteiger partial charge on any atom is 0.322 e. The van der Waals surface area contributed by atoms with Gasteiger partial charge in [0.25, 0.3) is 0 Å². The van der Waals surface area contributed by atoms with Crippen LogP contribution < -0.4 is 5.32 Å². The summed E-state index contributed by atoms with van der Waals surface area (Å²) in [6.07, 6.45) is 0.692. The number of nitrogens with one attached hydrogen (secondary N) is 1. The molecule has 0 saturated heterocycles. The molecule has 1 N–H and O–H groups in total. The Morgan fingerprint density at radius 1 is 1.53 bits per heavy atom. The molecule has 1 rings (SSSR count). The van der Waals surface area contributed by atoms with Crippen molar-refractivity contribution in [2.45, 2.75) is 32.4 Å². The molecule has 0 aromatic heterocycles. The van der Waals surface area contributed by atoms with Crippen LogP contribution in [0.1, 0.15) is 31.9 Å². The van der Waals surface area contributed by atoms with Crippen LogP contribution in [0.4, 0.5) is 0 Å². The van der Waals surface area contributed by atoms with Gasteiger partial charge in [0.15, 0.2) is 0 Å². The Kier molecular flexibility index (Phi) is 5.45. The number of carbonyl (C=O) groups excluding carboxylic acids is 1. The van der Waals surface area contributed by atoms with Crippen LogP contribution in [0.2, 0.25) is 5.02 Å². The number of rotatable bonds is 5. The third-order valence-electron chi connectivity index (χ3n) is 2.69. The summed E-state index contributed by atoms with van der Waals surface area (Å²) >= 11 is 5.93. The molecular formula is C13H18ClNO2. The van der Waals surface area contributed by atoms with Gasteiger partial charge in [-0.3, -0.25) is 10.1 Å². The summed E-state index contributed by atoms with van der Waals surface area (Å²) in [5, 5.41) is 3.92. The second-order valence-corrected chi connectivity index (χ2v) is 4.36. The molecule has 3 nitrogen and oxygen atoms in total. The highest BCUT2D eigenvalue weighted by Gasteiger charge is 2.19. The molecule has 17 heavy (non-hydrogen) atoms. The maximum atomic E-state index is 11.5. The largest absolute Gasteiger partial charge is 0.468 e. The number of hydrogen-bond acceptors (Lipinski definition) is 3. The Morgan fingerprint density at radius 2 is 2.24 bits per heavy atom. The Bertz CT molecular complexity index is 381. The second kappa shape index (κ2) is 6.62. The highest BCUT2D eigenvalue weighted by Crippen LogP contribution is 2.18. The van der Waals surface area contributed by atoms with Crippen LogP contribution in [0.3, 0.4) is 0 Å². The van der Waals surface area contributed by atoms with Gasteiger partial charge in [-0.15, -0.1) is 0 Å². The molecule has 0 radical (unpaired) electrons. The zero-order chi connectivity index (χ0) is 12.8. The lowest BCUT2D eigenvalue weighted by molar-refractivity contribution is -0.143. The molecule has 0 spiro atoms. The third-order valence-corrected chi connectivity index (χ3v) is 2.93. The van der Waals surface area contributed by atoms with Gasteiger partial charge in [-0.25, -0.2) is 0 Å². The van der Waals surface area contributed by atoms with Gasteiger partial charge in [0, 0.05) is 11.1 Å². The molecule has 0 heterocycles. The van der Waals surface area contributed by atoms with E-state index in [1.165, 1.54) is 7.11 Å². The molecule has 4 heteroatoms. The number of methoxy groups -OCH3 is 1. The average molecular weight is 256 g/mol. The van der Waals surface area contributed by atoms with Gasteiger partial charge in [0.05, 0.1) is 7.11 Å². The number of hydrogen-bond donors (Lipinski definition) is 1. The fourth-order valence-corrected chi connectivity index (χ4v) is 1.87. The second-order valence-electron chi connectivity index (χ2n) is 3.93. The predicted molar refractivity (Wildman–Crippen MR) is 69.1 cm³/mol. The minimum atomic E-state index is -0.283. The van der Waals surface area contributed by atoms with Crippen molar-refractivity contribution in [1.82, 2.24) is 5.32 Å². The van der Waals surface area contributed by atoms with Crippen LogP contribution in [-0.4, -0.2) is 19.1 Å². The summed E-state index contributed by atoms with van der Waals surface area (Å²) in [6, 6.07) is 7.37. The van der Waals surface area contributed by atoms with Crippen molar-refractivity contribution in [3.63, 3.8) is 0 Å². The smallest absolute Gasteiger partial charge is 0.322 e. The first-order valence-electron chi connectivity index (χ1n) is 5.67. The van der Waals surface area contributed by atoms with Crippen molar-refractivity contribution in [1.29, 1.82) is 0 Å². The van der Waals surface area contributed by atoms with E-state index in [1.54, 1.807) is 0 Å². The van der Waals surface area contributed by atoms with E-state index >= 15 is 0 Å². The van der Waals surface area contributed by atoms with E-state index in [2.05, 4.69) is 5.32 Å². The fraction of sp³-hybridized carbons (Fsp3) is 0.462. The Morgan fingerprint density at radius 3 is 2.76 bits per heavy atom. The normalized spacial score (nSPS) is 14.1. The van der Waals surface area contributed by atoms with Gasteiger partial charge in [0.2, 0.25) is 0 Å². The van der Waals surface area contributed by atoms with Crippen LogP contribution in [-0.2, 0) is 9.53 Å². The molecule has 0 aliphatic heterocycles. The van der Waals surface area contributed by atoms with Crippen LogP contribution >= 0.6 is 11.6 Å². The highest BCUT2D eigenvalue weighted by molar-refractivity contribution is 6.30. The number of esters is 1. The number of halogens is 1. The first kappa shape index (κ1) is 14.0. The van der Waals surface area contributed by atoms with Gasteiger partial charge >= 0.3 is 5.97 Å². The summed E-state index contributed by atoms with van der Waals surface area (Å²) < 4.78 is 4.74. The van der Waals surface area contributed by atoms with E-state index in [1.807, 2.05) is 38.1 Å². The van der Waals surface area contributed by atoms with Crippen LogP contribution in [0.5, 0.6) is 0 Å². The van der Waals surface area contributed by atoms with E-state index in [0.717, 1.165) is 5.56 Å². The van der Waals surface area contributed by atoms with Crippen LogP contribution in [0.15, 0.2) is 24.3 Å². The maximum absolute atomic E-state index is 11.5. The molecule has 0 bridgehead atoms. The molecule has 0 aliphatic rings. The van der Waals surface area contributed by atoms with E-state index < -0.39 is 0 Å². The number of benzene rings is 1. The molecule has 94 valence electrons. The van der Waals surface area contributed by atoms with Gasteiger partial charge in [0.1, 0.15) is 6.04 Å². The molecule has 0 fully saturated rings. The lowest BCUT2D eigenvalue weighted by atomic mass is 10.1. The highest BCUT2D eigenvalue weighted by atomic mass is 35.5. The number of ether oxygens (including phenoxy) is 1. The first-order valence-corrected chi connectivity index (χ1v) is 6.05. The predicted octanol–water partition coefficient (Wildman–Crippen LogP) is 2.94. The zero-order valence-corrected chi connectivity index (χ0v) is 11.1. The summed E-state index contributed by atoms with van der Waals surface area (Å²) in [5.74, 6) is -0.235. The number of carbonyl (C=O) groups is 1. The topological polar surface area (TPSA) is 38.3 Å². The molecule has 1 unspecified atom stereocenters. The van der Waals surface area contributed by atoms with Crippen molar-refractivity contribution < 1.29 is 9.53 Å². The van der Waals surface area contributed by atoms with Crippen LogP contribution in [0, 0.1) is 0 Å². The summed E-state index contributed by atoms with van der Waals surface area (Å²) in [5.41, 5.74) is 1.06. The quantitative estimate of drug-likeness (QED) is 0.822. The summed E-state index contributed by atoms with van der Waals surface area (Å²) in [4.78, 5) is 11.5. The zero-order valence-electron chi connectivity index (χ0n) is 10.4. The van der Waals surface area contributed by atoms with Gasteiger partial charge in [-0.05, 0) is 31.0 Å². The van der Waals surface area contributed by atoms with Crippen molar-refractivity contribution in [2.24, 2.45) is 0 Å². The van der Waals surface area contributed by atoms with Crippen LogP contribution in [0.25, 0.3) is 0 Å². The Labute approximate surface area is 107 Å². The van der Waals surface area contributed by atoms with Crippen molar-refractivity contribution >= 4 is 17.6 Å². The average Bonchev–Trinajstić information content (AvgIpc) is 2.34. The first-order chi connectivity index (χ1) is 8.08. The Balaban J connectivity index is 2.70. The van der Waals surface area contributed by atoms with E-state index in [-0.39, 0.29) is 18.1 Å². The molecular weight excluding hydrogens is 238 g/mol. The monoisotopic (exact) mass is 255 g/mol. The minimum absolute atomic E-state index is 0.0535. The van der Waals surface area contributed by atoms with Gasteiger partial charge in [-0.2, -0.15) is 0 Å². The van der Waals surface area contributed by atoms with Crippen molar-refractivity contribution in [3.05, 3.63) is 34.9 Å². The SMILES string of the molecule is CCC(N[C@H](C)c1cccc(Cl)c1)C(=O)OC. The van der Waals surface area contributed by atoms with Crippen molar-refractivity contribution in [2.75, 3.05) is 7.11 Å². The molecule has 2 atom stereocenters. The fourth-order valence-electron chi connectivity index (χ4n) is 1.67. The molecule has 0 aliphatic carbocycles. The Hall–Kier alpha value is -1.06. The summed E-state index contributed by atoms with van der Waals surface area (Å²) in [6.45, 7) is 3.94. The molecule has 1 aromatic carbocycles. The lowest BCUT2D eigenvalue weighted by Gasteiger charge is -2.20. The van der Waals surface area contributed by atoms with E-state index in [0.29, 0.717) is 11.4 Å². The molecule has 0 amide bonds. The minimum Gasteiger partial charge on any atom is -0.468 e. The van der Waals surface area contributed by atoms with Gasteiger partial charge in [-0.1, -0.05) is 30.7 Å². The van der Waals surface area contributed by atoms with Gasteiger partial charge < -0.3 is 4.74 Å². The van der Waals surface area contributed by atoms with E-state index in [4.69, 9.17) is 16.3 Å². The summed E-state index contributed by atoms with van der Waals surface area (Å²) in [7, 11) is 1.40.